The van der Waals surface area contributed by atoms with Gasteiger partial charge in [0.1, 0.15) is 18.1 Å². The summed E-state index contributed by atoms with van der Waals surface area (Å²) in [7, 11) is 0. The van der Waals surface area contributed by atoms with Gasteiger partial charge < -0.3 is 38.9 Å². The smallest absolute Gasteiger partial charge is 0.243 e. The Balaban J connectivity index is 5.30. The molecule has 0 fully saturated rings. The first-order valence-corrected chi connectivity index (χ1v) is 10.8. The van der Waals surface area contributed by atoms with Gasteiger partial charge >= 0.3 is 0 Å². The van der Waals surface area contributed by atoms with Crippen molar-refractivity contribution in [2.75, 3.05) is 6.54 Å². The van der Waals surface area contributed by atoms with E-state index >= 15 is 0 Å². The fourth-order valence-electron chi connectivity index (χ4n) is 2.92. The van der Waals surface area contributed by atoms with Gasteiger partial charge in [-0.3, -0.25) is 24.0 Å². The molecular formula is C20H39N7O5. The van der Waals surface area contributed by atoms with Crippen LogP contribution in [0.2, 0.25) is 0 Å². The summed E-state index contributed by atoms with van der Waals surface area (Å²) in [4.78, 5) is 60.6. The Morgan fingerprint density at radius 3 is 1.62 bits per heavy atom. The third-order valence-electron chi connectivity index (χ3n) is 4.86. The Kier molecular flexibility index (Phi) is 13.1. The van der Waals surface area contributed by atoms with Gasteiger partial charge in [-0.05, 0) is 37.6 Å². The van der Waals surface area contributed by atoms with Crippen molar-refractivity contribution in [3.8, 4) is 0 Å². The zero-order valence-electron chi connectivity index (χ0n) is 19.4. The summed E-state index contributed by atoms with van der Waals surface area (Å²) in [6.45, 7) is 7.31. The lowest BCUT2D eigenvalue weighted by Gasteiger charge is -2.28. The standard InChI is InChI=1S/C20H39N7O5/c1-10(2)15(19(31)25-13(17(24)29)7-5-6-8-21)27-20(32)16(11(3)4)26-18(30)12(22)9-14(23)28/h10-13,15-16H,5-9,21-22H2,1-4H3,(H2,23,28)(H2,24,29)(H,25,31)(H,26,30)(H,27,32)/t12-,13-,15-,16-/m1/s1. The molecule has 0 spiro atoms. The topological polar surface area (TPSA) is 226 Å². The van der Waals surface area contributed by atoms with Gasteiger partial charge in [0.2, 0.25) is 29.5 Å². The molecule has 0 saturated heterocycles. The SMILES string of the molecule is CC(C)[C@@H](NC(=O)[C@H](N)CC(N)=O)C(=O)N[C@@H](C(=O)N[C@H](CCCCN)C(N)=O)C(C)C. The summed E-state index contributed by atoms with van der Waals surface area (Å²) in [6.07, 6.45) is 1.25. The molecule has 0 heterocycles. The van der Waals surface area contributed by atoms with E-state index in [1.165, 1.54) is 0 Å². The first kappa shape index (κ1) is 29.3. The van der Waals surface area contributed by atoms with Gasteiger partial charge in [-0.25, -0.2) is 0 Å². The predicted octanol–water partition coefficient (Wildman–Crippen LogP) is -2.43. The maximum Gasteiger partial charge on any atom is 0.243 e. The lowest BCUT2D eigenvalue weighted by atomic mass is 9.98. The van der Waals surface area contributed by atoms with Crippen LogP contribution in [0.3, 0.4) is 0 Å². The van der Waals surface area contributed by atoms with Gasteiger partial charge in [0.25, 0.3) is 0 Å². The second-order valence-corrected chi connectivity index (χ2v) is 8.49. The van der Waals surface area contributed by atoms with Crippen molar-refractivity contribution < 1.29 is 24.0 Å². The second kappa shape index (κ2) is 14.4. The van der Waals surface area contributed by atoms with Crippen LogP contribution in [0.25, 0.3) is 0 Å². The second-order valence-electron chi connectivity index (χ2n) is 8.49. The summed E-state index contributed by atoms with van der Waals surface area (Å²) < 4.78 is 0. The average Bonchev–Trinajstić information content (AvgIpc) is 2.67. The molecule has 12 heteroatoms. The number of amides is 5. The van der Waals surface area contributed by atoms with Crippen molar-refractivity contribution in [1.29, 1.82) is 0 Å². The number of hydrogen-bond donors (Lipinski definition) is 7. The fourth-order valence-corrected chi connectivity index (χ4v) is 2.92. The van der Waals surface area contributed by atoms with Gasteiger partial charge in [0.15, 0.2) is 0 Å². The van der Waals surface area contributed by atoms with Crippen LogP contribution in [0, 0.1) is 11.8 Å². The number of carbonyl (C=O) groups is 5. The van der Waals surface area contributed by atoms with Crippen LogP contribution in [0.5, 0.6) is 0 Å². The largest absolute Gasteiger partial charge is 0.370 e. The van der Waals surface area contributed by atoms with Gasteiger partial charge in [-0.15, -0.1) is 0 Å². The van der Waals surface area contributed by atoms with Gasteiger partial charge in [-0.2, -0.15) is 0 Å². The molecule has 184 valence electrons. The zero-order valence-corrected chi connectivity index (χ0v) is 19.4. The van der Waals surface area contributed by atoms with Crippen LogP contribution in [-0.4, -0.2) is 60.2 Å². The van der Waals surface area contributed by atoms with Crippen molar-refractivity contribution in [2.24, 2.45) is 34.8 Å². The van der Waals surface area contributed by atoms with E-state index in [4.69, 9.17) is 22.9 Å². The van der Waals surface area contributed by atoms with E-state index in [1.54, 1.807) is 27.7 Å². The van der Waals surface area contributed by atoms with Crippen molar-refractivity contribution in [1.82, 2.24) is 16.0 Å². The number of rotatable bonds is 15. The Labute approximate surface area is 188 Å². The molecule has 0 bridgehead atoms. The highest BCUT2D eigenvalue weighted by Gasteiger charge is 2.32. The molecule has 0 radical (unpaired) electrons. The summed E-state index contributed by atoms with van der Waals surface area (Å²) in [5.74, 6) is -3.97. The van der Waals surface area contributed by atoms with E-state index in [9.17, 15) is 24.0 Å². The first-order chi connectivity index (χ1) is 14.8. The van der Waals surface area contributed by atoms with Crippen LogP contribution >= 0.6 is 0 Å². The van der Waals surface area contributed by atoms with Crippen molar-refractivity contribution in [3.05, 3.63) is 0 Å². The molecule has 0 aromatic carbocycles. The Morgan fingerprint density at radius 1 is 0.750 bits per heavy atom. The Morgan fingerprint density at radius 2 is 1.22 bits per heavy atom. The first-order valence-electron chi connectivity index (χ1n) is 10.8. The molecule has 0 aromatic heterocycles. The number of nitrogens with one attached hydrogen (secondary N) is 3. The third-order valence-corrected chi connectivity index (χ3v) is 4.86. The molecular weight excluding hydrogens is 418 g/mol. The van der Waals surface area contributed by atoms with Gasteiger partial charge in [0, 0.05) is 0 Å². The summed E-state index contributed by atoms with van der Waals surface area (Å²) in [6, 6.07) is -4.07. The molecule has 4 atom stereocenters. The maximum absolute atomic E-state index is 12.9. The monoisotopic (exact) mass is 457 g/mol. The van der Waals surface area contributed by atoms with Crippen LogP contribution in [0.1, 0.15) is 53.4 Å². The lowest BCUT2D eigenvalue weighted by Crippen LogP contribution is -2.60. The van der Waals surface area contributed by atoms with Crippen LogP contribution in [0.4, 0.5) is 0 Å². The number of hydrogen-bond acceptors (Lipinski definition) is 7. The highest BCUT2D eigenvalue weighted by atomic mass is 16.2. The van der Waals surface area contributed by atoms with Gasteiger partial charge in [-0.1, -0.05) is 27.7 Å². The molecule has 0 aliphatic rings. The molecule has 11 N–H and O–H groups in total. The van der Waals surface area contributed by atoms with E-state index in [1.807, 2.05) is 0 Å². The predicted molar refractivity (Wildman–Crippen MR) is 119 cm³/mol. The van der Waals surface area contributed by atoms with E-state index in [0.29, 0.717) is 25.8 Å². The number of primary amides is 2. The molecule has 0 saturated carbocycles. The highest BCUT2D eigenvalue weighted by molar-refractivity contribution is 5.95. The van der Waals surface area contributed by atoms with Crippen LogP contribution in [0.15, 0.2) is 0 Å². The summed E-state index contributed by atoms with van der Waals surface area (Å²) in [5, 5.41) is 7.70. The molecule has 5 amide bonds. The molecule has 0 rings (SSSR count). The normalized spacial score (nSPS) is 14.9. The number of nitrogens with two attached hydrogens (primary N) is 4. The lowest BCUT2D eigenvalue weighted by molar-refractivity contribution is -0.135. The Hall–Kier alpha value is -2.73. The molecule has 0 unspecified atom stereocenters. The van der Waals surface area contributed by atoms with Crippen molar-refractivity contribution in [3.63, 3.8) is 0 Å². The summed E-state index contributed by atoms with van der Waals surface area (Å²) in [5.41, 5.74) is 21.5. The molecule has 32 heavy (non-hydrogen) atoms. The quantitative estimate of drug-likeness (QED) is 0.131. The number of unbranched alkanes of at least 4 members (excludes halogenated alkanes) is 1. The third kappa shape index (κ3) is 10.5. The maximum atomic E-state index is 12.9. The minimum Gasteiger partial charge on any atom is -0.370 e. The van der Waals surface area contributed by atoms with Crippen molar-refractivity contribution >= 4 is 29.5 Å². The molecule has 0 aromatic rings. The van der Waals surface area contributed by atoms with Crippen LogP contribution < -0.4 is 38.9 Å². The number of carbonyl (C=O) groups excluding carboxylic acids is 5. The average molecular weight is 458 g/mol. The molecule has 12 nitrogen and oxygen atoms in total. The zero-order chi connectivity index (χ0) is 25.0. The fraction of sp³-hybridized carbons (Fsp3) is 0.750. The minimum atomic E-state index is -1.20. The van der Waals surface area contributed by atoms with E-state index < -0.39 is 53.7 Å². The van der Waals surface area contributed by atoms with E-state index in [2.05, 4.69) is 16.0 Å². The molecule has 0 aliphatic carbocycles. The van der Waals surface area contributed by atoms with Gasteiger partial charge in [0.05, 0.1) is 12.5 Å². The Bertz CT molecular complexity index is 669. The minimum absolute atomic E-state index is 0.322. The van der Waals surface area contributed by atoms with E-state index in [0.717, 1.165) is 0 Å². The molecule has 0 aliphatic heterocycles. The van der Waals surface area contributed by atoms with Crippen LogP contribution in [-0.2, 0) is 24.0 Å². The van der Waals surface area contributed by atoms with Crippen molar-refractivity contribution in [2.45, 2.75) is 77.5 Å². The highest BCUT2D eigenvalue weighted by Crippen LogP contribution is 2.09. The summed E-state index contributed by atoms with van der Waals surface area (Å²) >= 11 is 0. The van der Waals surface area contributed by atoms with E-state index in [-0.39, 0.29) is 18.3 Å².